The molecular formula is C20H24FN5O2S+2. The predicted octanol–water partition coefficient (Wildman–Crippen LogP) is 0.420. The normalized spacial score (nSPS) is 20.3. The van der Waals surface area contributed by atoms with Gasteiger partial charge in [-0.25, -0.2) is 4.39 Å². The Morgan fingerprint density at radius 1 is 1.24 bits per heavy atom. The Kier molecular flexibility index (Phi) is 5.98. The SMILES string of the molecule is C[C@H](c1nnc(-c2cccs2)o1)[NH+]1CC[NH+](CC(=O)Nc2cccc(F)c2)CC1. The van der Waals surface area contributed by atoms with E-state index >= 15 is 0 Å². The first-order valence-corrected chi connectivity index (χ1v) is 10.6. The Bertz CT molecular complexity index is 953. The topological polar surface area (TPSA) is 76.9 Å². The van der Waals surface area contributed by atoms with Crippen molar-refractivity contribution in [2.75, 3.05) is 38.0 Å². The van der Waals surface area contributed by atoms with Crippen LogP contribution in [0.2, 0.25) is 0 Å². The fraction of sp³-hybridized carbons (Fsp3) is 0.350. The highest BCUT2D eigenvalue weighted by Crippen LogP contribution is 2.24. The number of hydrogen-bond donors (Lipinski definition) is 3. The van der Waals surface area contributed by atoms with Crippen molar-refractivity contribution in [2.24, 2.45) is 0 Å². The summed E-state index contributed by atoms with van der Waals surface area (Å²) in [5.74, 6) is 0.763. The molecule has 9 heteroatoms. The summed E-state index contributed by atoms with van der Waals surface area (Å²) < 4.78 is 19.1. The Morgan fingerprint density at radius 2 is 2.07 bits per heavy atom. The van der Waals surface area contributed by atoms with Crippen molar-refractivity contribution in [2.45, 2.75) is 13.0 Å². The van der Waals surface area contributed by atoms with E-state index in [4.69, 9.17) is 4.42 Å². The molecule has 152 valence electrons. The third-order valence-corrected chi connectivity index (χ3v) is 6.13. The molecule has 4 rings (SSSR count). The summed E-state index contributed by atoms with van der Waals surface area (Å²) in [6, 6.07) is 10.0. The van der Waals surface area contributed by atoms with Gasteiger partial charge in [0.2, 0.25) is 0 Å². The van der Waals surface area contributed by atoms with E-state index in [9.17, 15) is 9.18 Å². The molecule has 1 aliphatic heterocycles. The number of carbonyl (C=O) groups is 1. The quantitative estimate of drug-likeness (QED) is 0.543. The molecule has 1 aromatic carbocycles. The Labute approximate surface area is 172 Å². The number of thiophene rings is 1. The molecule has 3 aromatic rings. The molecule has 0 radical (unpaired) electrons. The van der Waals surface area contributed by atoms with Crippen LogP contribution in [0.4, 0.5) is 10.1 Å². The van der Waals surface area contributed by atoms with Crippen LogP contribution in [-0.4, -0.2) is 48.8 Å². The molecule has 1 aliphatic rings. The minimum atomic E-state index is -0.357. The first-order valence-electron chi connectivity index (χ1n) is 9.69. The van der Waals surface area contributed by atoms with Crippen molar-refractivity contribution in [3.8, 4) is 10.8 Å². The number of nitrogens with zero attached hydrogens (tertiary/aromatic N) is 2. The van der Waals surface area contributed by atoms with Gasteiger partial charge in [-0.1, -0.05) is 12.1 Å². The van der Waals surface area contributed by atoms with Crippen molar-refractivity contribution >= 4 is 22.9 Å². The number of piperazine rings is 1. The molecule has 1 fully saturated rings. The fourth-order valence-electron chi connectivity index (χ4n) is 3.62. The summed E-state index contributed by atoms with van der Waals surface area (Å²) in [5.41, 5.74) is 0.491. The zero-order chi connectivity index (χ0) is 20.2. The van der Waals surface area contributed by atoms with E-state index in [1.807, 2.05) is 17.5 Å². The molecule has 29 heavy (non-hydrogen) atoms. The highest BCUT2D eigenvalue weighted by molar-refractivity contribution is 7.13. The van der Waals surface area contributed by atoms with Crippen molar-refractivity contribution in [1.82, 2.24) is 10.2 Å². The number of hydrogen-bond acceptors (Lipinski definition) is 5. The maximum Gasteiger partial charge on any atom is 0.279 e. The van der Waals surface area contributed by atoms with Gasteiger partial charge in [0.05, 0.1) is 4.88 Å². The van der Waals surface area contributed by atoms with E-state index in [1.54, 1.807) is 23.5 Å². The number of halogens is 1. The van der Waals surface area contributed by atoms with Gasteiger partial charge in [-0.05, 0) is 36.6 Å². The number of benzene rings is 1. The standard InChI is InChI=1S/C20H22FN5O2S/c1-14(19-23-24-20(28-19)17-6-3-11-29-17)26-9-7-25(8-10-26)13-18(27)22-16-5-2-4-15(21)12-16/h2-6,11-12,14H,7-10,13H2,1H3,(H,22,27)/p+2/t14-/m1/s1. The number of quaternary nitrogens is 2. The maximum absolute atomic E-state index is 13.2. The largest absolute Gasteiger partial charge is 0.414 e. The van der Waals surface area contributed by atoms with Crippen LogP contribution in [0.15, 0.2) is 46.2 Å². The molecule has 0 spiro atoms. The second-order valence-electron chi connectivity index (χ2n) is 7.29. The third kappa shape index (κ3) is 4.87. The molecule has 2 aromatic heterocycles. The maximum atomic E-state index is 13.2. The monoisotopic (exact) mass is 417 g/mol. The van der Waals surface area contributed by atoms with Gasteiger partial charge >= 0.3 is 0 Å². The molecule has 1 saturated heterocycles. The highest BCUT2D eigenvalue weighted by Gasteiger charge is 2.31. The first-order chi connectivity index (χ1) is 14.1. The van der Waals surface area contributed by atoms with Gasteiger partial charge in [0, 0.05) is 5.69 Å². The molecule has 0 unspecified atom stereocenters. The lowest BCUT2D eigenvalue weighted by Crippen LogP contribution is -3.28. The van der Waals surface area contributed by atoms with Crippen LogP contribution in [0.1, 0.15) is 18.9 Å². The third-order valence-electron chi connectivity index (χ3n) is 5.27. The Balaban J connectivity index is 1.27. The molecule has 1 amide bonds. The Hall–Kier alpha value is -2.62. The first kappa shape index (κ1) is 19.7. The van der Waals surface area contributed by atoms with Crippen LogP contribution < -0.4 is 15.1 Å². The van der Waals surface area contributed by atoms with Crippen LogP contribution in [0.3, 0.4) is 0 Å². The fourth-order valence-corrected chi connectivity index (χ4v) is 4.26. The smallest absolute Gasteiger partial charge is 0.279 e. The highest BCUT2D eigenvalue weighted by atomic mass is 32.1. The number of rotatable bonds is 6. The van der Waals surface area contributed by atoms with E-state index in [1.165, 1.54) is 21.9 Å². The van der Waals surface area contributed by atoms with Gasteiger partial charge in [0.1, 0.15) is 32.0 Å². The molecule has 1 atom stereocenters. The van der Waals surface area contributed by atoms with Gasteiger partial charge in [0.25, 0.3) is 17.7 Å². The number of carbonyl (C=O) groups excluding carboxylic acids is 1. The van der Waals surface area contributed by atoms with Gasteiger partial charge in [-0.3, -0.25) is 4.79 Å². The number of nitrogens with one attached hydrogen (secondary N) is 3. The van der Waals surface area contributed by atoms with E-state index in [0.717, 1.165) is 31.1 Å². The minimum Gasteiger partial charge on any atom is -0.414 e. The number of amides is 1. The summed E-state index contributed by atoms with van der Waals surface area (Å²) in [6.07, 6.45) is 0. The zero-order valence-electron chi connectivity index (χ0n) is 16.2. The van der Waals surface area contributed by atoms with E-state index in [0.29, 0.717) is 24.0 Å². The average molecular weight is 418 g/mol. The molecular weight excluding hydrogens is 393 g/mol. The van der Waals surface area contributed by atoms with Crippen molar-refractivity contribution < 1.29 is 23.4 Å². The summed E-state index contributed by atoms with van der Waals surface area (Å²) in [4.78, 5) is 15.8. The molecule has 3 heterocycles. The Morgan fingerprint density at radius 3 is 2.79 bits per heavy atom. The number of aromatic nitrogens is 2. The molecule has 0 saturated carbocycles. The lowest BCUT2D eigenvalue weighted by atomic mass is 10.2. The van der Waals surface area contributed by atoms with Gasteiger partial charge in [-0.15, -0.1) is 21.5 Å². The van der Waals surface area contributed by atoms with Gasteiger partial charge in [-0.2, -0.15) is 0 Å². The average Bonchev–Trinajstić information content (AvgIpc) is 3.40. The molecule has 3 N–H and O–H groups in total. The molecule has 7 nitrogen and oxygen atoms in total. The summed E-state index contributed by atoms with van der Waals surface area (Å²) >= 11 is 1.58. The summed E-state index contributed by atoms with van der Waals surface area (Å²) in [7, 11) is 0. The number of anilines is 1. The van der Waals surface area contributed by atoms with Crippen LogP contribution in [0, 0.1) is 5.82 Å². The van der Waals surface area contributed by atoms with Crippen LogP contribution in [-0.2, 0) is 4.79 Å². The lowest BCUT2D eigenvalue weighted by molar-refractivity contribution is -1.02. The van der Waals surface area contributed by atoms with E-state index < -0.39 is 0 Å². The second-order valence-corrected chi connectivity index (χ2v) is 8.24. The van der Waals surface area contributed by atoms with E-state index in [2.05, 4.69) is 22.4 Å². The van der Waals surface area contributed by atoms with Crippen LogP contribution in [0.25, 0.3) is 10.8 Å². The molecule has 0 aliphatic carbocycles. The van der Waals surface area contributed by atoms with Gasteiger partial charge < -0.3 is 19.5 Å². The molecule has 0 bridgehead atoms. The lowest BCUT2D eigenvalue weighted by Gasteiger charge is -2.31. The van der Waals surface area contributed by atoms with Crippen molar-refractivity contribution in [1.29, 1.82) is 0 Å². The van der Waals surface area contributed by atoms with E-state index in [-0.39, 0.29) is 17.8 Å². The zero-order valence-corrected chi connectivity index (χ0v) is 17.0. The summed E-state index contributed by atoms with van der Waals surface area (Å²) in [6.45, 7) is 6.06. The second kappa shape index (κ2) is 8.81. The van der Waals surface area contributed by atoms with Gasteiger partial charge in [0.15, 0.2) is 12.6 Å². The van der Waals surface area contributed by atoms with Crippen LogP contribution >= 0.6 is 11.3 Å². The predicted molar refractivity (Wildman–Crippen MR) is 107 cm³/mol. The van der Waals surface area contributed by atoms with Crippen molar-refractivity contribution in [3.05, 3.63) is 53.5 Å². The summed E-state index contributed by atoms with van der Waals surface area (Å²) in [5, 5.41) is 13.2. The van der Waals surface area contributed by atoms with Crippen LogP contribution in [0.5, 0.6) is 0 Å². The van der Waals surface area contributed by atoms with Crippen molar-refractivity contribution in [3.63, 3.8) is 0 Å². The minimum absolute atomic E-state index is 0.0976.